The average molecular weight is 412 g/mol. The summed E-state index contributed by atoms with van der Waals surface area (Å²) in [5.74, 6) is 0.304. The number of carbonyl (C=O) groups is 2. The highest BCUT2D eigenvalue weighted by Crippen LogP contribution is 2.22. The zero-order chi connectivity index (χ0) is 22.3. The molecule has 0 radical (unpaired) electrons. The van der Waals surface area contributed by atoms with Gasteiger partial charge in [-0.3, -0.25) is 9.59 Å². The Balaban J connectivity index is 1.87. The average Bonchev–Trinajstić information content (AvgIpc) is 2.71. The number of carbonyl (C=O) groups excluding carboxylic acids is 2. The van der Waals surface area contributed by atoms with Crippen molar-refractivity contribution >= 4 is 11.8 Å². The first kappa shape index (κ1) is 23.4. The smallest absolute Gasteiger partial charge is 0.251 e. The van der Waals surface area contributed by atoms with Crippen molar-refractivity contribution in [2.75, 3.05) is 34.3 Å². The number of hydrogen-bond acceptors (Lipinski definition) is 4. The normalized spacial score (nSPS) is 12.4. The van der Waals surface area contributed by atoms with Crippen LogP contribution in [-0.2, 0) is 10.2 Å². The van der Waals surface area contributed by atoms with Crippen LogP contribution in [-0.4, -0.2) is 51.0 Å². The number of hydrogen-bond donors (Lipinski definition) is 2. The SMILES string of the molecule is COc1ccc(C(CNC(=O)CNC(=O)c2ccc(C(C)(C)C)cc2)N(C)C)cc1. The fourth-order valence-electron chi connectivity index (χ4n) is 3.08. The van der Waals surface area contributed by atoms with E-state index in [4.69, 9.17) is 4.74 Å². The van der Waals surface area contributed by atoms with E-state index in [1.807, 2.05) is 55.4 Å². The molecule has 2 rings (SSSR count). The van der Waals surface area contributed by atoms with Gasteiger partial charge in [0.05, 0.1) is 19.7 Å². The van der Waals surface area contributed by atoms with Crippen LogP contribution in [0.5, 0.6) is 5.75 Å². The minimum Gasteiger partial charge on any atom is -0.497 e. The first-order valence-corrected chi connectivity index (χ1v) is 10.1. The molecule has 1 atom stereocenters. The van der Waals surface area contributed by atoms with Gasteiger partial charge in [0.25, 0.3) is 5.91 Å². The lowest BCUT2D eigenvalue weighted by Gasteiger charge is -2.25. The van der Waals surface area contributed by atoms with Crippen LogP contribution in [0.2, 0.25) is 0 Å². The molecule has 0 bridgehead atoms. The molecule has 0 heterocycles. The lowest BCUT2D eigenvalue weighted by molar-refractivity contribution is -0.120. The van der Waals surface area contributed by atoms with E-state index in [0.717, 1.165) is 16.9 Å². The second kappa shape index (κ2) is 10.3. The van der Waals surface area contributed by atoms with Crippen LogP contribution in [0.15, 0.2) is 48.5 Å². The van der Waals surface area contributed by atoms with Crippen molar-refractivity contribution in [2.45, 2.75) is 32.2 Å². The number of ether oxygens (including phenoxy) is 1. The van der Waals surface area contributed by atoms with Gasteiger partial charge in [-0.1, -0.05) is 45.0 Å². The molecule has 0 saturated carbocycles. The number of methoxy groups -OCH3 is 1. The summed E-state index contributed by atoms with van der Waals surface area (Å²) in [6.45, 7) is 6.75. The van der Waals surface area contributed by atoms with E-state index >= 15 is 0 Å². The Labute approximate surface area is 179 Å². The fourth-order valence-corrected chi connectivity index (χ4v) is 3.08. The number of nitrogens with zero attached hydrogens (tertiary/aromatic N) is 1. The highest BCUT2D eigenvalue weighted by atomic mass is 16.5. The summed E-state index contributed by atoms with van der Waals surface area (Å²) in [5.41, 5.74) is 2.80. The third-order valence-electron chi connectivity index (χ3n) is 5.04. The molecule has 0 aliphatic carbocycles. The largest absolute Gasteiger partial charge is 0.497 e. The zero-order valence-corrected chi connectivity index (χ0v) is 18.8. The molecule has 0 fully saturated rings. The van der Waals surface area contributed by atoms with Crippen molar-refractivity contribution in [2.24, 2.45) is 0 Å². The summed E-state index contributed by atoms with van der Waals surface area (Å²) in [7, 11) is 5.56. The number of benzene rings is 2. The Morgan fingerprint density at radius 3 is 2.07 bits per heavy atom. The summed E-state index contributed by atoms with van der Waals surface area (Å²) in [4.78, 5) is 26.6. The highest BCUT2D eigenvalue weighted by Gasteiger charge is 2.17. The van der Waals surface area contributed by atoms with Crippen LogP contribution in [0.4, 0.5) is 0 Å². The molecule has 30 heavy (non-hydrogen) atoms. The number of nitrogens with one attached hydrogen (secondary N) is 2. The first-order valence-electron chi connectivity index (χ1n) is 10.1. The Kier molecular flexibility index (Phi) is 8.00. The van der Waals surface area contributed by atoms with E-state index in [1.165, 1.54) is 0 Å². The van der Waals surface area contributed by atoms with Gasteiger partial charge in [-0.15, -0.1) is 0 Å². The van der Waals surface area contributed by atoms with Crippen LogP contribution in [0, 0.1) is 0 Å². The second-order valence-electron chi connectivity index (χ2n) is 8.57. The zero-order valence-electron chi connectivity index (χ0n) is 18.8. The molecule has 2 N–H and O–H groups in total. The summed E-state index contributed by atoms with van der Waals surface area (Å²) in [6, 6.07) is 15.3. The van der Waals surface area contributed by atoms with Gasteiger partial charge in [-0.25, -0.2) is 0 Å². The van der Waals surface area contributed by atoms with Crippen molar-refractivity contribution in [3.8, 4) is 5.75 Å². The molecule has 2 aromatic rings. The molecule has 0 aliphatic rings. The summed E-state index contributed by atoms with van der Waals surface area (Å²) >= 11 is 0. The molecular weight excluding hydrogens is 378 g/mol. The third kappa shape index (κ3) is 6.59. The predicted octanol–water partition coefficient (Wildman–Crippen LogP) is 3.14. The summed E-state index contributed by atoms with van der Waals surface area (Å²) in [6.07, 6.45) is 0. The lowest BCUT2D eigenvalue weighted by Crippen LogP contribution is -2.40. The molecular formula is C24H33N3O3. The minimum atomic E-state index is -0.259. The maximum atomic E-state index is 12.3. The van der Waals surface area contributed by atoms with Crippen LogP contribution in [0.25, 0.3) is 0 Å². The Bertz CT molecular complexity index is 837. The van der Waals surface area contributed by atoms with Crippen LogP contribution < -0.4 is 15.4 Å². The maximum Gasteiger partial charge on any atom is 0.251 e. The van der Waals surface area contributed by atoms with Crippen molar-refractivity contribution in [1.82, 2.24) is 15.5 Å². The number of rotatable bonds is 8. The Morgan fingerprint density at radius 2 is 1.57 bits per heavy atom. The van der Waals surface area contributed by atoms with Crippen LogP contribution in [0.1, 0.15) is 48.3 Å². The molecule has 0 saturated heterocycles. The van der Waals surface area contributed by atoms with E-state index in [-0.39, 0.29) is 29.8 Å². The maximum absolute atomic E-state index is 12.3. The Hall–Kier alpha value is -2.86. The molecule has 1 unspecified atom stereocenters. The van der Waals surface area contributed by atoms with Crippen LogP contribution >= 0.6 is 0 Å². The van der Waals surface area contributed by atoms with Gasteiger partial charge in [0.1, 0.15) is 5.75 Å². The molecule has 0 aromatic heterocycles. The van der Waals surface area contributed by atoms with Crippen molar-refractivity contribution in [3.05, 3.63) is 65.2 Å². The van der Waals surface area contributed by atoms with Gasteiger partial charge in [-0.2, -0.15) is 0 Å². The van der Waals surface area contributed by atoms with Crippen molar-refractivity contribution in [3.63, 3.8) is 0 Å². The molecule has 2 aromatic carbocycles. The van der Waals surface area contributed by atoms with E-state index in [1.54, 1.807) is 19.2 Å². The van der Waals surface area contributed by atoms with Gasteiger partial charge < -0.3 is 20.3 Å². The molecule has 0 aliphatic heterocycles. The van der Waals surface area contributed by atoms with E-state index in [2.05, 4.69) is 31.4 Å². The van der Waals surface area contributed by atoms with Crippen LogP contribution in [0.3, 0.4) is 0 Å². The minimum absolute atomic E-state index is 0.0144. The molecule has 6 nitrogen and oxygen atoms in total. The van der Waals surface area contributed by atoms with Crippen molar-refractivity contribution in [1.29, 1.82) is 0 Å². The summed E-state index contributed by atoms with van der Waals surface area (Å²) < 4.78 is 5.20. The van der Waals surface area contributed by atoms with E-state index in [0.29, 0.717) is 12.1 Å². The van der Waals surface area contributed by atoms with E-state index in [9.17, 15) is 9.59 Å². The van der Waals surface area contributed by atoms with Crippen molar-refractivity contribution < 1.29 is 14.3 Å². The number of likely N-dealkylation sites (N-methyl/N-ethyl adjacent to an activating group) is 1. The quantitative estimate of drug-likeness (QED) is 0.700. The topological polar surface area (TPSA) is 70.7 Å². The van der Waals surface area contributed by atoms with Gasteiger partial charge in [0.2, 0.25) is 5.91 Å². The predicted molar refractivity (Wildman–Crippen MR) is 120 cm³/mol. The van der Waals surface area contributed by atoms with Gasteiger partial charge in [0, 0.05) is 12.1 Å². The molecule has 6 heteroatoms. The van der Waals surface area contributed by atoms with Gasteiger partial charge in [0.15, 0.2) is 0 Å². The van der Waals surface area contributed by atoms with E-state index < -0.39 is 0 Å². The monoisotopic (exact) mass is 411 g/mol. The van der Waals surface area contributed by atoms with Gasteiger partial charge in [-0.05, 0) is 54.9 Å². The van der Waals surface area contributed by atoms with Gasteiger partial charge >= 0.3 is 0 Å². The molecule has 162 valence electrons. The Morgan fingerprint density at radius 1 is 0.967 bits per heavy atom. The molecule has 2 amide bonds. The molecule has 0 spiro atoms. The lowest BCUT2D eigenvalue weighted by atomic mass is 9.87. The third-order valence-corrected chi connectivity index (χ3v) is 5.04. The highest BCUT2D eigenvalue weighted by molar-refractivity contribution is 5.96. The number of amides is 2. The standard InChI is InChI=1S/C24H33N3O3/c1-24(2,3)19-11-7-18(8-12-19)23(29)26-16-22(28)25-15-21(27(4)5)17-9-13-20(30-6)14-10-17/h7-14,21H,15-16H2,1-6H3,(H,25,28)(H,26,29). The first-order chi connectivity index (χ1) is 14.1. The second-order valence-corrected chi connectivity index (χ2v) is 8.57. The fraction of sp³-hybridized carbons (Fsp3) is 0.417. The summed E-state index contributed by atoms with van der Waals surface area (Å²) in [5, 5.41) is 5.58.